The number of nitrogens with one attached hydrogen (secondary N) is 1. The van der Waals surface area contributed by atoms with E-state index in [-0.39, 0.29) is 11.4 Å². The van der Waals surface area contributed by atoms with E-state index in [2.05, 4.69) is 14.9 Å². The van der Waals surface area contributed by atoms with Crippen LogP contribution in [0.5, 0.6) is 0 Å². The Bertz CT molecular complexity index is 327. The molecule has 0 bridgehead atoms. The Labute approximate surface area is 74.5 Å². The summed E-state index contributed by atoms with van der Waals surface area (Å²) in [5, 5.41) is 15.9. The molecule has 0 saturated heterocycles. The van der Waals surface area contributed by atoms with Crippen molar-refractivity contribution >= 4 is 11.7 Å². The molecular weight excluding hydrogens is 174 g/mol. The minimum atomic E-state index is -0.649. The number of rotatable bonds is 2. The maximum Gasteiger partial charge on any atom is 0.360 e. The first kappa shape index (κ1) is 9.40. The van der Waals surface area contributed by atoms with Crippen LogP contribution in [0.2, 0.25) is 0 Å². The van der Waals surface area contributed by atoms with Crippen molar-refractivity contribution < 1.29 is 14.7 Å². The van der Waals surface area contributed by atoms with Gasteiger partial charge < -0.3 is 4.74 Å². The molecule has 1 aromatic heterocycles. The van der Waals surface area contributed by atoms with E-state index in [9.17, 15) is 4.79 Å². The summed E-state index contributed by atoms with van der Waals surface area (Å²) < 4.78 is 4.43. The summed E-state index contributed by atoms with van der Waals surface area (Å²) in [5.41, 5.74) is 2.57. The molecule has 1 aromatic rings. The van der Waals surface area contributed by atoms with Crippen LogP contribution in [-0.2, 0) is 4.74 Å². The number of anilines is 1. The van der Waals surface area contributed by atoms with E-state index in [0.717, 1.165) is 0 Å². The van der Waals surface area contributed by atoms with Gasteiger partial charge in [-0.1, -0.05) is 0 Å². The van der Waals surface area contributed by atoms with Gasteiger partial charge in [-0.25, -0.2) is 4.79 Å². The van der Waals surface area contributed by atoms with Crippen LogP contribution < -0.4 is 5.48 Å². The lowest BCUT2D eigenvalue weighted by molar-refractivity contribution is 0.0593. The lowest BCUT2D eigenvalue weighted by Gasteiger charge is -2.04. The first-order chi connectivity index (χ1) is 6.19. The van der Waals surface area contributed by atoms with Crippen molar-refractivity contribution in [3.05, 3.63) is 17.5 Å². The first-order valence-corrected chi connectivity index (χ1v) is 3.51. The number of nitrogens with zero attached hydrogens (tertiary/aromatic N) is 2. The molecule has 0 amide bonds. The van der Waals surface area contributed by atoms with Crippen molar-refractivity contribution in [3.63, 3.8) is 0 Å². The van der Waals surface area contributed by atoms with Crippen LogP contribution in [0.15, 0.2) is 6.07 Å². The van der Waals surface area contributed by atoms with E-state index in [4.69, 9.17) is 5.21 Å². The third-order valence-corrected chi connectivity index (χ3v) is 1.42. The van der Waals surface area contributed by atoms with Gasteiger partial charge in [0.1, 0.15) is 0 Å². The summed E-state index contributed by atoms with van der Waals surface area (Å²) in [4.78, 5) is 11.0. The van der Waals surface area contributed by atoms with Gasteiger partial charge in [-0.3, -0.25) is 10.7 Å². The molecule has 1 rings (SSSR count). The summed E-state index contributed by atoms with van der Waals surface area (Å²) in [5.74, 6) is -0.649. The van der Waals surface area contributed by atoms with Gasteiger partial charge in [0, 0.05) is 0 Å². The normalized spacial score (nSPS) is 9.46. The minimum absolute atomic E-state index is 0.0457. The standard InChI is InChI=1S/C7H9N3O3/c1-4-3-5(10-12)6(9-8-4)7(11)13-2/h3,12H,1-2H3,(H,8,10). The van der Waals surface area contributed by atoms with Gasteiger partial charge in [0.05, 0.1) is 18.5 Å². The van der Waals surface area contributed by atoms with E-state index < -0.39 is 5.97 Å². The highest BCUT2D eigenvalue weighted by Gasteiger charge is 2.14. The zero-order valence-electron chi connectivity index (χ0n) is 7.24. The quantitative estimate of drug-likeness (QED) is 0.509. The Morgan fingerprint density at radius 3 is 2.85 bits per heavy atom. The largest absolute Gasteiger partial charge is 0.464 e. The van der Waals surface area contributed by atoms with Crippen LogP contribution in [-0.4, -0.2) is 28.5 Å². The Morgan fingerprint density at radius 1 is 1.62 bits per heavy atom. The van der Waals surface area contributed by atoms with Crippen molar-refractivity contribution in [1.82, 2.24) is 10.2 Å². The lowest BCUT2D eigenvalue weighted by atomic mass is 10.3. The van der Waals surface area contributed by atoms with Crippen LogP contribution in [0.1, 0.15) is 16.2 Å². The van der Waals surface area contributed by atoms with Gasteiger partial charge in [0.15, 0.2) is 5.69 Å². The monoisotopic (exact) mass is 183 g/mol. The number of ether oxygens (including phenoxy) is 1. The van der Waals surface area contributed by atoms with Crippen LogP contribution >= 0.6 is 0 Å². The highest BCUT2D eigenvalue weighted by atomic mass is 16.5. The number of aryl methyl sites for hydroxylation is 1. The number of aromatic nitrogens is 2. The molecule has 0 radical (unpaired) electrons. The fourth-order valence-electron chi connectivity index (χ4n) is 0.822. The molecular formula is C7H9N3O3. The van der Waals surface area contributed by atoms with Gasteiger partial charge in [-0.2, -0.15) is 5.10 Å². The predicted octanol–water partition coefficient (Wildman–Crippen LogP) is 0.373. The van der Waals surface area contributed by atoms with E-state index in [1.807, 2.05) is 5.48 Å². The number of esters is 1. The van der Waals surface area contributed by atoms with Gasteiger partial charge >= 0.3 is 5.97 Å². The maximum absolute atomic E-state index is 11.0. The number of hydrogen-bond acceptors (Lipinski definition) is 6. The first-order valence-electron chi connectivity index (χ1n) is 3.51. The summed E-state index contributed by atoms with van der Waals surface area (Å²) in [6, 6.07) is 1.49. The third-order valence-electron chi connectivity index (χ3n) is 1.42. The molecule has 0 saturated carbocycles. The fraction of sp³-hybridized carbons (Fsp3) is 0.286. The number of carbonyl (C=O) groups is 1. The Morgan fingerprint density at radius 2 is 2.31 bits per heavy atom. The predicted molar refractivity (Wildman–Crippen MR) is 43.5 cm³/mol. The van der Waals surface area contributed by atoms with Gasteiger partial charge in [-0.15, -0.1) is 5.10 Å². The molecule has 1 heterocycles. The molecule has 6 heteroatoms. The number of hydrogen-bond donors (Lipinski definition) is 2. The molecule has 0 aliphatic carbocycles. The third kappa shape index (κ3) is 1.91. The Balaban J connectivity index is 3.13. The summed E-state index contributed by atoms with van der Waals surface area (Å²) in [6.07, 6.45) is 0. The fourth-order valence-corrected chi connectivity index (χ4v) is 0.822. The van der Waals surface area contributed by atoms with Crippen molar-refractivity contribution in [2.24, 2.45) is 0 Å². The van der Waals surface area contributed by atoms with Gasteiger partial charge in [0.2, 0.25) is 0 Å². The van der Waals surface area contributed by atoms with Crippen molar-refractivity contribution in [1.29, 1.82) is 0 Å². The van der Waals surface area contributed by atoms with Crippen LogP contribution in [0.3, 0.4) is 0 Å². The molecule has 0 fully saturated rings. The zero-order valence-corrected chi connectivity index (χ0v) is 7.24. The average Bonchev–Trinajstić information content (AvgIpc) is 2.16. The van der Waals surface area contributed by atoms with Crippen molar-refractivity contribution in [3.8, 4) is 0 Å². The SMILES string of the molecule is COC(=O)c1nnc(C)cc1NO. The van der Waals surface area contributed by atoms with E-state index in [0.29, 0.717) is 5.69 Å². The second-order valence-corrected chi connectivity index (χ2v) is 2.35. The maximum atomic E-state index is 11.0. The zero-order chi connectivity index (χ0) is 9.84. The second-order valence-electron chi connectivity index (χ2n) is 2.35. The molecule has 0 aromatic carbocycles. The van der Waals surface area contributed by atoms with E-state index in [1.54, 1.807) is 6.92 Å². The molecule has 6 nitrogen and oxygen atoms in total. The number of methoxy groups -OCH3 is 1. The Kier molecular flexibility index (Phi) is 2.76. The molecule has 0 spiro atoms. The van der Waals surface area contributed by atoms with Crippen LogP contribution in [0.4, 0.5) is 5.69 Å². The van der Waals surface area contributed by atoms with Crippen molar-refractivity contribution in [2.45, 2.75) is 6.92 Å². The van der Waals surface area contributed by atoms with Crippen molar-refractivity contribution in [2.75, 3.05) is 12.6 Å². The topological polar surface area (TPSA) is 84.3 Å². The number of carbonyl (C=O) groups excluding carboxylic acids is 1. The smallest absolute Gasteiger partial charge is 0.360 e. The molecule has 13 heavy (non-hydrogen) atoms. The highest BCUT2D eigenvalue weighted by molar-refractivity contribution is 5.92. The van der Waals surface area contributed by atoms with Gasteiger partial charge in [-0.05, 0) is 13.0 Å². The van der Waals surface area contributed by atoms with Crippen LogP contribution in [0, 0.1) is 6.92 Å². The minimum Gasteiger partial charge on any atom is -0.464 e. The average molecular weight is 183 g/mol. The molecule has 2 N–H and O–H groups in total. The van der Waals surface area contributed by atoms with E-state index in [1.165, 1.54) is 13.2 Å². The molecule has 70 valence electrons. The lowest BCUT2D eigenvalue weighted by Crippen LogP contribution is -2.10. The van der Waals surface area contributed by atoms with Crippen LogP contribution in [0.25, 0.3) is 0 Å². The molecule has 0 aliphatic heterocycles. The molecule has 0 aliphatic rings. The summed E-state index contributed by atoms with van der Waals surface area (Å²) in [7, 11) is 1.23. The Hall–Kier alpha value is -1.69. The van der Waals surface area contributed by atoms with E-state index >= 15 is 0 Å². The summed E-state index contributed by atoms with van der Waals surface area (Å²) >= 11 is 0. The summed E-state index contributed by atoms with van der Waals surface area (Å²) in [6.45, 7) is 1.69. The molecule has 0 atom stereocenters. The van der Waals surface area contributed by atoms with Gasteiger partial charge in [0.25, 0.3) is 0 Å². The molecule has 0 unspecified atom stereocenters. The second kappa shape index (κ2) is 3.81. The highest BCUT2D eigenvalue weighted by Crippen LogP contribution is 2.12.